The Hall–Kier alpha value is -3.82. The van der Waals surface area contributed by atoms with E-state index in [0.29, 0.717) is 40.3 Å². The van der Waals surface area contributed by atoms with Crippen LogP contribution >= 0.6 is 11.8 Å². The summed E-state index contributed by atoms with van der Waals surface area (Å²) in [6, 6.07) is 9.26. The number of carboxylic acid groups (broad SMARTS) is 1. The maximum Gasteiger partial charge on any atom is 0.332 e. The van der Waals surface area contributed by atoms with Gasteiger partial charge in [0.25, 0.3) is 11.5 Å². The second-order valence-corrected chi connectivity index (χ2v) is 10.4. The van der Waals surface area contributed by atoms with Crippen molar-refractivity contribution in [3.05, 3.63) is 51.9 Å². The Morgan fingerprint density at radius 2 is 2.24 bits per heavy atom. The van der Waals surface area contributed by atoms with Crippen LogP contribution in [0.25, 0.3) is 10.9 Å². The topological polar surface area (TPSA) is 153 Å². The number of aryl methyl sites for hydroxylation is 1. The van der Waals surface area contributed by atoms with Crippen LogP contribution in [0.5, 0.6) is 0 Å². The second kappa shape index (κ2) is 9.91. The van der Waals surface area contributed by atoms with E-state index in [-0.39, 0.29) is 30.9 Å². The van der Waals surface area contributed by atoms with Gasteiger partial charge in [0.15, 0.2) is 11.9 Å². The number of H-pyrrole nitrogens is 1. The highest BCUT2D eigenvalue weighted by Gasteiger charge is 2.42. The number of pyridine rings is 1. The number of hydrogen-bond acceptors (Lipinski definition) is 8. The molecule has 1 amide bonds. The Balaban J connectivity index is 1.51. The summed E-state index contributed by atoms with van der Waals surface area (Å²) in [6.45, 7) is 2.58. The van der Waals surface area contributed by atoms with E-state index in [9.17, 15) is 24.8 Å². The molecule has 0 spiro atoms. The highest BCUT2D eigenvalue weighted by Crippen LogP contribution is 2.37. The average molecular weight is 523 g/mol. The number of nitrogens with one attached hydrogen (secondary N) is 2. The lowest BCUT2D eigenvalue weighted by Gasteiger charge is -2.38. The van der Waals surface area contributed by atoms with Crippen molar-refractivity contribution in [2.75, 3.05) is 30.1 Å². The minimum atomic E-state index is -1.05. The van der Waals surface area contributed by atoms with Crippen molar-refractivity contribution in [2.24, 2.45) is 0 Å². The first-order chi connectivity index (χ1) is 17.8. The van der Waals surface area contributed by atoms with Crippen LogP contribution < -0.4 is 10.9 Å². The van der Waals surface area contributed by atoms with E-state index in [1.54, 1.807) is 34.6 Å². The van der Waals surface area contributed by atoms with E-state index in [4.69, 9.17) is 9.84 Å². The number of aromatic amines is 1. The number of aromatic nitrogens is 3. The van der Waals surface area contributed by atoms with Crippen molar-refractivity contribution < 1.29 is 19.4 Å². The van der Waals surface area contributed by atoms with Gasteiger partial charge in [-0.05, 0) is 49.6 Å². The van der Waals surface area contributed by atoms with Crippen LogP contribution in [0.2, 0.25) is 0 Å². The minimum absolute atomic E-state index is 0.00405. The van der Waals surface area contributed by atoms with E-state index < -0.39 is 17.6 Å². The van der Waals surface area contributed by atoms with Crippen LogP contribution in [0.3, 0.4) is 0 Å². The predicted molar refractivity (Wildman–Crippen MR) is 138 cm³/mol. The van der Waals surface area contributed by atoms with Crippen molar-refractivity contribution in [2.45, 2.75) is 37.8 Å². The number of fused-ring (bicyclic) bond motifs is 1. The zero-order valence-corrected chi connectivity index (χ0v) is 21.0. The third kappa shape index (κ3) is 4.56. The largest absolute Gasteiger partial charge is 0.479 e. The van der Waals surface area contributed by atoms with E-state index in [1.165, 1.54) is 6.20 Å². The number of carbonyl (C=O) groups excluding carboxylic acids is 1. The van der Waals surface area contributed by atoms with Gasteiger partial charge in [-0.15, -0.1) is 11.8 Å². The molecule has 2 aliphatic heterocycles. The summed E-state index contributed by atoms with van der Waals surface area (Å²) in [5.41, 5.74) is 1.31. The fourth-order valence-electron chi connectivity index (χ4n) is 4.92. The lowest BCUT2D eigenvalue weighted by atomic mass is 9.87. The highest BCUT2D eigenvalue weighted by atomic mass is 32.2. The average Bonchev–Trinajstić information content (AvgIpc) is 3.54. The van der Waals surface area contributed by atoms with Gasteiger partial charge in [0.2, 0.25) is 0 Å². The Kier molecular flexibility index (Phi) is 6.66. The molecular formula is C25H26N6O5S. The number of anilines is 2. The van der Waals surface area contributed by atoms with Gasteiger partial charge in [-0.3, -0.25) is 14.3 Å². The molecular weight excluding hydrogens is 496 g/mol. The molecule has 2 unspecified atom stereocenters. The van der Waals surface area contributed by atoms with Gasteiger partial charge < -0.3 is 25.0 Å². The van der Waals surface area contributed by atoms with Crippen molar-refractivity contribution >= 4 is 46.0 Å². The number of benzene rings is 1. The number of thioether (sulfide) groups is 1. The SMILES string of the molecule is Cc1cc(Nc2nn(C3(CC#N)CCC(C(=O)O)OC3)c3cc[nH]c(=O)c23)ccc1C(=O)N1CCSC1. The van der Waals surface area contributed by atoms with Gasteiger partial charge in [0.05, 0.1) is 36.0 Å². The molecule has 4 heterocycles. The number of nitrogens with zero attached hydrogens (tertiary/aromatic N) is 4. The molecule has 11 nitrogen and oxygen atoms in total. The first-order valence-corrected chi connectivity index (χ1v) is 13.1. The zero-order valence-electron chi connectivity index (χ0n) is 20.2. The van der Waals surface area contributed by atoms with Crippen LogP contribution in [0.15, 0.2) is 35.3 Å². The summed E-state index contributed by atoms with van der Waals surface area (Å²) in [5.74, 6) is 0.866. The van der Waals surface area contributed by atoms with E-state index in [1.807, 2.05) is 17.9 Å². The Labute approximate surface area is 216 Å². The van der Waals surface area contributed by atoms with Gasteiger partial charge in [-0.25, -0.2) is 4.79 Å². The summed E-state index contributed by atoms with van der Waals surface area (Å²) < 4.78 is 7.23. The number of hydrogen-bond donors (Lipinski definition) is 3. The first-order valence-electron chi connectivity index (χ1n) is 11.9. The molecule has 2 aromatic heterocycles. The van der Waals surface area contributed by atoms with Gasteiger partial charge in [0.1, 0.15) is 5.39 Å². The maximum atomic E-state index is 12.9. The van der Waals surface area contributed by atoms with Crippen LogP contribution in [0.1, 0.15) is 35.2 Å². The first kappa shape index (κ1) is 24.9. The highest BCUT2D eigenvalue weighted by molar-refractivity contribution is 7.99. The summed E-state index contributed by atoms with van der Waals surface area (Å²) in [7, 11) is 0. The van der Waals surface area contributed by atoms with Crippen molar-refractivity contribution in [1.82, 2.24) is 19.7 Å². The number of carbonyl (C=O) groups is 2. The van der Waals surface area contributed by atoms with Crippen molar-refractivity contribution in [3.63, 3.8) is 0 Å². The quantitative estimate of drug-likeness (QED) is 0.443. The van der Waals surface area contributed by atoms with Gasteiger partial charge in [0, 0.05) is 29.7 Å². The number of nitriles is 1. The van der Waals surface area contributed by atoms with Crippen LogP contribution in [-0.4, -0.2) is 67.5 Å². The number of amides is 1. The van der Waals surface area contributed by atoms with E-state index in [2.05, 4.69) is 16.4 Å². The standard InChI is InChI=1S/C25H26N6O5S/c1-15-12-16(2-3-17(15)23(33)30-10-11-37-14-30)28-21-20-18(5-9-27-22(20)32)31(29-21)25(7-8-26)6-4-19(24(34)35)36-13-25/h2-3,5,9,12,19H,4,6-7,10-11,13-14H2,1H3,(H,27,32)(H,28,29)(H,34,35). The normalized spacial score (nSPS) is 21.6. The number of aliphatic carboxylic acids is 1. The predicted octanol–water partition coefficient (Wildman–Crippen LogP) is 2.80. The zero-order chi connectivity index (χ0) is 26.2. The fraction of sp³-hybridized carbons (Fsp3) is 0.400. The van der Waals surface area contributed by atoms with Gasteiger partial charge in [-0.2, -0.15) is 10.4 Å². The number of ether oxygens (including phenoxy) is 1. The van der Waals surface area contributed by atoms with Crippen molar-refractivity contribution in [1.29, 1.82) is 5.26 Å². The molecule has 2 aliphatic rings. The summed E-state index contributed by atoms with van der Waals surface area (Å²) in [5, 5.41) is 27.2. The molecule has 0 saturated carbocycles. The summed E-state index contributed by atoms with van der Waals surface area (Å²) in [6.07, 6.45) is 1.17. The molecule has 5 rings (SSSR count). The fourth-order valence-corrected chi connectivity index (χ4v) is 5.87. The molecule has 2 fully saturated rings. The Morgan fingerprint density at radius 3 is 2.89 bits per heavy atom. The van der Waals surface area contributed by atoms with Crippen molar-refractivity contribution in [3.8, 4) is 6.07 Å². The van der Waals surface area contributed by atoms with Crippen LogP contribution in [-0.2, 0) is 15.1 Å². The summed E-state index contributed by atoms with van der Waals surface area (Å²) in [4.78, 5) is 41.6. The molecule has 12 heteroatoms. The molecule has 0 aliphatic carbocycles. The number of carboxylic acids is 1. The summed E-state index contributed by atoms with van der Waals surface area (Å²) >= 11 is 1.73. The van der Waals surface area contributed by atoms with Crippen LogP contribution in [0, 0.1) is 18.3 Å². The lowest BCUT2D eigenvalue weighted by Crippen LogP contribution is -2.46. The molecule has 3 N–H and O–H groups in total. The van der Waals surface area contributed by atoms with E-state index >= 15 is 0 Å². The number of rotatable bonds is 6. The lowest BCUT2D eigenvalue weighted by molar-refractivity contribution is -0.158. The van der Waals surface area contributed by atoms with Gasteiger partial charge in [-0.1, -0.05) is 0 Å². The Morgan fingerprint density at radius 1 is 1.41 bits per heavy atom. The second-order valence-electron chi connectivity index (χ2n) is 9.32. The third-order valence-corrected chi connectivity index (χ3v) is 7.89. The molecule has 1 aromatic carbocycles. The molecule has 3 aromatic rings. The third-order valence-electron chi connectivity index (χ3n) is 6.92. The van der Waals surface area contributed by atoms with Crippen LogP contribution in [0.4, 0.5) is 11.5 Å². The molecule has 192 valence electrons. The molecule has 37 heavy (non-hydrogen) atoms. The van der Waals surface area contributed by atoms with Gasteiger partial charge >= 0.3 is 5.97 Å². The minimum Gasteiger partial charge on any atom is -0.479 e. The molecule has 0 radical (unpaired) electrons. The monoisotopic (exact) mass is 522 g/mol. The molecule has 2 atom stereocenters. The van der Waals surface area contributed by atoms with E-state index in [0.717, 1.165) is 17.9 Å². The molecule has 2 saturated heterocycles. The Bertz CT molecular complexity index is 1460. The maximum absolute atomic E-state index is 12.9. The smallest absolute Gasteiger partial charge is 0.332 e. The molecule has 0 bridgehead atoms.